The molecule has 0 bridgehead atoms. The zero-order valence-corrected chi connectivity index (χ0v) is 9.42. The summed E-state index contributed by atoms with van der Waals surface area (Å²) in [6, 6.07) is 8.32. The molecule has 0 amide bonds. The maximum absolute atomic E-state index is 8.80. The van der Waals surface area contributed by atoms with Crippen molar-refractivity contribution in [2.45, 2.75) is 13.3 Å². The van der Waals surface area contributed by atoms with Gasteiger partial charge in [-0.15, -0.1) is 11.3 Å². The van der Waals surface area contributed by atoms with Gasteiger partial charge >= 0.3 is 0 Å². The summed E-state index contributed by atoms with van der Waals surface area (Å²) in [6.45, 7) is 2.24. The molecule has 0 saturated heterocycles. The minimum Gasteiger partial charge on any atom is -0.396 e. The summed E-state index contributed by atoms with van der Waals surface area (Å²) in [5.41, 5.74) is 3.40. The minimum absolute atomic E-state index is 0.168. The van der Waals surface area contributed by atoms with Gasteiger partial charge in [-0.25, -0.2) is 4.98 Å². The third-order valence-electron chi connectivity index (χ3n) is 2.22. The van der Waals surface area contributed by atoms with Crippen molar-refractivity contribution in [3.05, 3.63) is 40.2 Å². The highest BCUT2D eigenvalue weighted by Crippen LogP contribution is 2.22. The Kier molecular flexibility index (Phi) is 3.14. The summed E-state index contributed by atoms with van der Waals surface area (Å²) in [7, 11) is 0. The monoisotopic (exact) mass is 219 g/mol. The molecule has 1 N–H and O–H groups in total. The molecule has 0 saturated carbocycles. The molecule has 3 heteroatoms. The number of aryl methyl sites for hydroxylation is 1. The normalized spacial score (nSPS) is 10.5. The Hall–Kier alpha value is -1.19. The predicted octanol–water partition coefficient (Wildman–Crippen LogP) is 2.65. The molecule has 0 radical (unpaired) electrons. The zero-order valence-electron chi connectivity index (χ0n) is 8.60. The highest BCUT2D eigenvalue weighted by atomic mass is 32.1. The van der Waals surface area contributed by atoms with E-state index in [2.05, 4.69) is 36.2 Å². The standard InChI is InChI=1S/C12H13NOS/c1-9-2-4-10(5-3-9)11-8-15-12(13-11)6-7-14/h2-5,8,14H,6-7H2,1H3. The van der Waals surface area contributed by atoms with Crippen molar-refractivity contribution in [1.82, 2.24) is 4.98 Å². The first kappa shape index (κ1) is 10.3. The molecule has 2 aromatic rings. The molecule has 0 spiro atoms. The van der Waals surface area contributed by atoms with Crippen molar-refractivity contribution in [2.75, 3.05) is 6.61 Å². The van der Waals surface area contributed by atoms with Gasteiger partial charge in [0.1, 0.15) is 0 Å². The molecule has 2 rings (SSSR count). The van der Waals surface area contributed by atoms with E-state index in [-0.39, 0.29) is 6.61 Å². The summed E-state index contributed by atoms with van der Waals surface area (Å²) in [5, 5.41) is 11.8. The molecule has 0 unspecified atom stereocenters. The number of hydrogen-bond donors (Lipinski definition) is 1. The number of rotatable bonds is 3. The van der Waals surface area contributed by atoms with Crippen LogP contribution in [-0.4, -0.2) is 16.7 Å². The van der Waals surface area contributed by atoms with Gasteiger partial charge in [0.2, 0.25) is 0 Å². The lowest BCUT2D eigenvalue weighted by atomic mass is 10.1. The zero-order chi connectivity index (χ0) is 10.7. The fraction of sp³-hybridized carbons (Fsp3) is 0.250. The lowest BCUT2D eigenvalue weighted by Crippen LogP contribution is -1.89. The Morgan fingerprint density at radius 2 is 2.00 bits per heavy atom. The molecule has 0 aliphatic rings. The molecule has 1 heterocycles. The quantitative estimate of drug-likeness (QED) is 0.861. The molecule has 0 fully saturated rings. The Balaban J connectivity index is 2.25. The topological polar surface area (TPSA) is 33.1 Å². The van der Waals surface area contributed by atoms with E-state index < -0.39 is 0 Å². The lowest BCUT2D eigenvalue weighted by Gasteiger charge is -1.96. The van der Waals surface area contributed by atoms with Gasteiger partial charge < -0.3 is 5.11 Å². The Morgan fingerprint density at radius 1 is 1.27 bits per heavy atom. The second kappa shape index (κ2) is 4.55. The largest absolute Gasteiger partial charge is 0.396 e. The lowest BCUT2D eigenvalue weighted by molar-refractivity contribution is 0.299. The van der Waals surface area contributed by atoms with Crippen molar-refractivity contribution in [1.29, 1.82) is 0 Å². The second-order valence-electron chi connectivity index (χ2n) is 3.47. The maximum atomic E-state index is 8.80. The molecule has 2 nitrogen and oxygen atoms in total. The van der Waals surface area contributed by atoms with Gasteiger partial charge in [-0.1, -0.05) is 29.8 Å². The fourth-order valence-corrected chi connectivity index (χ4v) is 2.17. The molecule has 1 aromatic carbocycles. The minimum atomic E-state index is 0.168. The van der Waals surface area contributed by atoms with Crippen molar-refractivity contribution < 1.29 is 5.11 Å². The van der Waals surface area contributed by atoms with Gasteiger partial charge in [0.15, 0.2) is 0 Å². The van der Waals surface area contributed by atoms with E-state index >= 15 is 0 Å². The summed E-state index contributed by atoms with van der Waals surface area (Å²) < 4.78 is 0. The van der Waals surface area contributed by atoms with Crippen molar-refractivity contribution in [2.24, 2.45) is 0 Å². The summed E-state index contributed by atoms with van der Waals surface area (Å²) >= 11 is 1.60. The molecule has 0 atom stereocenters. The number of thiazole rings is 1. The van der Waals surface area contributed by atoms with Crippen LogP contribution in [0.3, 0.4) is 0 Å². The molecule has 0 aliphatic heterocycles. The van der Waals surface area contributed by atoms with Gasteiger partial charge in [-0.05, 0) is 6.92 Å². The fourth-order valence-electron chi connectivity index (χ4n) is 1.38. The van der Waals surface area contributed by atoms with E-state index in [9.17, 15) is 0 Å². The first-order valence-corrected chi connectivity index (χ1v) is 5.80. The first-order valence-electron chi connectivity index (χ1n) is 4.92. The Bertz CT molecular complexity index is 433. The van der Waals surface area contributed by atoms with Crippen molar-refractivity contribution in [3.8, 4) is 11.3 Å². The smallest absolute Gasteiger partial charge is 0.0955 e. The molecule has 1 aromatic heterocycles. The van der Waals surface area contributed by atoms with E-state index in [1.54, 1.807) is 11.3 Å². The maximum Gasteiger partial charge on any atom is 0.0955 e. The van der Waals surface area contributed by atoms with Crippen LogP contribution in [0.15, 0.2) is 29.6 Å². The van der Waals surface area contributed by atoms with E-state index in [1.807, 2.05) is 5.38 Å². The van der Waals surface area contributed by atoms with Crippen molar-refractivity contribution in [3.63, 3.8) is 0 Å². The van der Waals surface area contributed by atoms with Crippen LogP contribution in [0.5, 0.6) is 0 Å². The van der Waals surface area contributed by atoms with E-state index in [0.29, 0.717) is 6.42 Å². The van der Waals surface area contributed by atoms with Crippen LogP contribution in [-0.2, 0) is 6.42 Å². The summed E-state index contributed by atoms with van der Waals surface area (Å²) in [5.74, 6) is 0. The number of nitrogens with zero attached hydrogens (tertiary/aromatic N) is 1. The van der Waals surface area contributed by atoms with Crippen LogP contribution in [0.2, 0.25) is 0 Å². The third-order valence-corrected chi connectivity index (χ3v) is 3.13. The molecular formula is C12H13NOS. The van der Waals surface area contributed by atoms with Crippen LogP contribution in [0, 0.1) is 6.92 Å². The highest BCUT2D eigenvalue weighted by Gasteiger charge is 2.03. The second-order valence-corrected chi connectivity index (χ2v) is 4.41. The molecular weight excluding hydrogens is 206 g/mol. The van der Waals surface area contributed by atoms with Crippen LogP contribution in [0.1, 0.15) is 10.6 Å². The van der Waals surface area contributed by atoms with E-state index in [1.165, 1.54) is 5.56 Å². The van der Waals surface area contributed by atoms with E-state index in [0.717, 1.165) is 16.3 Å². The third kappa shape index (κ3) is 2.43. The average Bonchev–Trinajstić information content (AvgIpc) is 2.68. The van der Waals surface area contributed by atoms with Gasteiger partial charge in [-0.2, -0.15) is 0 Å². The van der Waals surface area contributed by atoms with Gasteiger partial charge in [0.05, 0.1) is 10.7 Å². The molecule has 78 valence electrons. The molecule has 0 aliphatic carbocycles. The van der Waals surface area contributed by atoms with Gasteiger partial charge in [-0.3, -0.25) is 0 Å². The summed E-state index contributed by atoms with van der Waals surface area (Å²) in [4.78, 5) is 4.46. The average molecular weight is 219 g/mol. The Labute approximate surface area is 93.2 Å². The number of benzene rings is 1. The van der Waals surface area contributed by atoms with Crippen LogP contribution in [0.4, 0.5) is 0 Å². The molecule has 15 heavy (non-hydrogen) atoms. The van der Waals surface area contributed by atoms with Gasteiger partial charge in [0.25, 0.3) is 0 Å². The van der Waals surface area contributed by atoms with Crippen molar-refractivity contribution >= 4 is 11.3 Å². The van der Waals surface area contributed by atoms with Gasteiger partial charge in [0, 0.05) is 24.0 Å². The van der Waals surface area contributed by atoms with Crippen LogP contribution in [0.25, 0.3) is 11.3 Å². The predicted molar refractivity (Wildman–Crippen MR) is 63.1 cm³/mol. The van der Waals surface area contributed by atoms with Crippen LogP contribution >= 0.6 is 11.3 Å². The SMILES string of the molecule is Cc1ccc(-c2csc(CCO)n2)cc1. The summed E-state index contributed by atoms with van der Waals surface area (Å²) in [6.07, 6.45) is 0.649. The number of aliphatic hydroxyl groups is 1. The number of hydrogen-bond acceptors (Lipinski definition) is 3. The number of aliphatic hydroxyl groups excluding tert-OH is 1. The van der Waals surface area contributed by atoms with E-state index in [4.69, 9.17) is 5.11 Å². The number of aromatic nitrogens is 1. The Morgan fingerprint density at radius 3 is 2.67 bits per heavy atom. The first-order chi connectivity index (χ1) is 7.29. The highest BCUT2D eigenvalue weighted by molar-refractivity contribution is 7.09. The van der Waals surface area contributed by atoms with Crippen LogP contribution < -0.4 is 0 Å².